The maximum absolute atomic E-state index is 11.9. The van der Waals surface area contributed by atoms with Crippen molar-refractivity contribution in [1.82, 2.24) is 14.9 Å². The van der Waals surface area contributed by atoms with Crippen molar-refractivity contribution in [2.45, 2.75) is 32.2 Å². The maximum atomic E-state index is 11.9. The molecule has 1 N–H and O–H groups in total. The second-order valence-electron chi connectivity index (χ2n) is 5.25. The van der Waals surface area contributed by atoms with Crippen LogP contribution in [0.5, 0.6) is 0 Å². The van der Waals surface area contributed by atoms with E-state index in [0.717, 1.165) is 25.2 Å². The number of imidazole rings is 1. The number of rotatable bonds is 5. The van der Waals surface area contributed by atoms with Gasteiger partial charge in [0.25, 0.3) is 0 Å². The van der Waals surface area contributed by atoms with Crippen LogP contribution in [-0.2, 0) is 9.53 Å². The van der Waals surface area contributed by atoms with Crippen molar-refractivity contribution in [3.05, 3.63) is 18.2 Å². The van der Waals surface area contributed by atoms with E-state index >= 15 is 0 Å². The highest BCUT2D eigenvalue weighted by molar-refractivity contribution is 5.74. The third kappa shape index (κ3) is 2.56. The van der Waals surface area contributed by atoms with Gasteiger partial charge in [-0.3, -0.25) is 0 Å². The Morgan fingerprint density at radius 2 is 2.33 bits per heavy atom. The third-order valence-electron chi connectivity index (χ3n) is 3.40. The first-order chi connectivity index (χ1) is 8.63. The molecule has 1 saturated heterocycles. The molecule has 1 unspecified atom stereocenters. The number of aromatic nitrogens is 2. The molecule has 1 aliphatic rings. The molecule has 2 rings (SSSR count). The topological polar surface area (TPSA) is 56.2 Å². The molecule has 1 fully saturated rings. The molecule has 0 radical (unpaired) electrons. The summed E-state index contributed by atoms with van der Waals surface area (Å²) in [6.45, 7) is 6.14. The summed E-state index contributed by atoms with van der Waals surface area (Å²) in [7, 11) is 1.44. The lowest BCUT2D eigenvalue weighted by Gasteiger charge is -2.30. The third-order valence-corrected chi connectivity index (χ3v) is 3.40. The first kappa shape index (κ1) is 13.1. The molecule has 2 heterocycles. The highest BCUT2D eigenvalue weighted by atomic mass is 16.5. The van der Waals surface area contributed by atoms with E-state index in [1.54, 1.807) is 6.33 Å². The highest BCUT2D eigenvalue weighted by Crippen LogP contribution is 2.26. The Hall–Kier alpha value is -1.36. The molecule has 0 saturated carbocycles. The predicted octanol–water partition coefficient (Wildman–Crippen LogP) is 1.33. The summed E-state index contributed by atoms with van der Waals surface area (Å²) in [5.74, 6) is 0.714. The van der Waals surface area contributed by atoms with E-state index < -0.39 is 0 Å². The number of ether oxygens (including phenoxy) is 1. The number of hydrogen-bond acceptors (Lipinski definition) is 4. The molecule has 0 aromatic carbocycles. The average Bonchev–Trinajstić information content (AvgIpc) is 2.71. The van der Waals surface area contributed by atoms with Gasteiger partial charge in [-0.15, -0.1) is 0 Å². The average molecular weight is 251 g/mol. The summed E-state index contributed by atoms with van der Waals surface area (Å²) < 4.78 is 6.90. The van der Waals surface area contributed by atoms with Gasteiger partial charge >= 0.3 is 5.97 Å². The number of methoxy groups -OCH3 is 1. The Bertz CT molecular complexity index is 410. The van der Waals surface area contributed by atoms with Crippen LogP contribution in [0.4, 0.5) is 0 Å². The highest BCUT2D eigenvalue weighted by Gasteiger charge is 2.29. The molecule has 5 nitrogen and oxygen atoms in total. The van der Waals surface area contributed by atoms with Gasteiger partial charge in [-0.25, -0.2) is 9.78 Å². The van der Waals surface area contributed by atoms with E-state index in [-0.39, 0.29) is 12.0 Å². The van der Waals surface area contributed by atoms with Crippen LogP contribution in [0.15, 0.2) is 12.5 Å². The second-order valence-corrected chi connectivity index (χ2v) is 5.25. The van der Waals surface area contributed by atoms with E-state index in [2.05, 4.69) is 24.1 Å². The minimum absolute atomic E-state index is 0.185. The van der Waals surface area contributed by atoms with Crippen LogP contribution >= 0.6 is 0 Å². The first-order valence-electron chi connectivity index (χ1n) is 6.43. The lowest BCUT2D eigenvalue weighted by atomic mass is 9.97. The van der Waals surface area contributed by atoms with E-state index in [4.69, 9.17) is 4.74 Å². The van der Waals surface area contributed by atoms with Gasteiger partial charge in [0, 0.05) is 30.9 Å². The maximum Gasteiger partial charge on any atom is 0.328 e. The zero-order valence-corrected chi connectivity index (χ0v) is 11.2. The molecule has 0 bridgehead atoms. The van der Waals surface area contributed by atoms with Crippen LogP contribution in [-0.4, -0.2) is 35.7 Å². The summed E-state index contributed by atoms with van der Waals surface area (Å²) in [5, 5.41) is 3.24. The van der Waals surface area contributed by atoms with E-state index in [1.165, 1.54) is 7.11 Å². The summed E-state index contributed by atoms with van der Waals surface area (Å²) in [5.41, 5.74) is 1.13. The van der Waals surface area contributed by atoms with Crippen molar-refractivity contribution in [1.29, 1.82) is 0 Å². The molecule has 1 aromatic rings. The lowest BCUT2D eigenvalue weighted by molar-refractivity contribution is -0.145. The van der Waals surface area contributed by atoms with Crippen LogP contribution in [0, 0.1) is 5.92 Å². The van der Waals surface area contributed by atoms with Crippen LogP contribution in [0.1, 0.15) is 37.9 Å². The second kappa shape index (κ2) is 5.52. The summed E-state index contributed by atoms with van der Waals surface area (Å²) in [6, 6.07) is -0.256. The minimum atomic E-state index is -0.256. The quantitative estimate of drug-likeness (QED) is 0.802. The van der Waals surface area contributed by atoms with Crippen LogP contribution in [0.2, 0.25) is 0 Å². The minimum Gasteiger partial charge on any atom is -0.467 e. The smallest absolute Gasteiger partial charge is 0.328 e. The normalized spacial score (nSPS) is 17.6. The SMILES string of the molecule is COC(=O)C(CC(C)C)n1cncc1C1CNC1. The Morgan fingerprint density at radius 1 is 1.61 bits per heavy atom. The number of nitrogens with one attached hydrogen (secondary N) is 1. The van der Waals surface area contributed by atoms with Crippen LogP contribution in [0.25, 0.3) is 0 Å². The van der Waals surface area contributed by atoms with Crippen LogP contribution in [0.3, 0.4) is 0 Å². The Kier molecular flexibility index (Phi) is 4.01. The molecular formula is C13H21N3O2. The van der Waals surface area contributed by atoms with E-state index in [0.29, 0.717) is 11.8 Å². The van der Waals surface area contributed by atoms with Gasteiger partial charge in [0.15, 0.2) is 0 Å². The van der Waals surface area contributed by atoms with Gasteiger partial charge < -0.3 is 14.6 Å². The molecule has 0 spiro atoms. The van der Waals surface area contributed by atoms with Gasteiger partial charge in [-0.1, -0.05) is 13.8 Å². The fraction of sp³-hybridized carbons (Fsp3) is 0.692. The lowest BCUT2D eigenvalue weighted by Crippen LogP contribution is -2.41. The zero-order valence-electron chi connectivity index (χ0n) is 11.2. The van der Waals surface area contributed by atoms with Crippen molar-refractivity contribution in [3.8, 4) is 0 Å². The molecule has 18 heavy (non-hydrogen) atoms. The molecular weight excluding hydrogens is 230 g/mol. The molecule has 100 valence electrons. The van der Waals surface area contributed by atoms with Gasteiger partial charge in [0.1, 0.15) is 6.04 Å². The van der Waals surface area contributed by atoms with Gasteiger partial charge in [-0.05, 0) is 12.3 Å². The van der Waals surface area contributed by atoms with Gasteiger partial charge in [0.05, 0.1) is 13.4 Å². The van der Waals surface area contributed by atoms with Crippen LogP contribution < -0.4 is 5.32 Å². The molecule has 1 aromatic heterocycles. The number of hydrogen-bond donors (Lipinski definition) is 1. The van der Waals surface area contributed by atoms with Crippen molar-refractivity contribution in [2.75, 3.05) is 20.2 Å². The number of carbonyl (C=O) groups excluding carboxylic acids is 1. The van der Waals surface area contributed by atoms with E-state index in [9.17, 15) is 4.79 Å². The molecule has 5 heteroatoms. The molecule has 0 amide bonds. The van der Waals surface area contributed by atoms with Gasteiger partial charge in [-0.2, -0.15) is 0 Å². The first-order valence-corrected chi connectivity index (χ1v) is 6.43. The Morgan fingerprint density at radius 3 is 2.83 bits per heavy atom. The largest absolute Gasteiger partial charge is 0.467 e. The monoisotopic (exact) mass is 251 g/mol. The van der Waals surface area contributed by atoms with Crippen molar-refractivity contribution >= 4 is 5.97 Å². The Labute approximate surface area is 108 Å². The molecule has 0 aliphatic carbocycles. The molecule has 1 aliphatic heterocycles. The fourth-order valence-corrected chi connectivity index (χ4v) is 2.30. The molecule has 1 atom stereocenters. The number of esters is 1. The summed E-state index contributed by atoms with van der Waals surface area (Å²) >= 11 is 0. The van der Waals surface area contributed by atoms with Crippen molar-refractivity contribution in [3.63, 3.8) is 0 Å². The van der Waals surface area contributed by atoms with E-state index in [1.807, 2.05) is 10.8 Å². The van der Waals surface area contributed by atoms with Crippen molar-refractivity contribution < 1.29 is 9.53 Å². The zero-order chi connectivity index (χ0) is 13.1. The van der Waals surface area contributed by atoms with Gasteiger partial charge in [0.2, 0.25) is 0 Å². The number of carbonyl (C=O) groups is 1. The summed E-state index contributed by atoms with van der Waals surface area (Å²) in [6.07, 6.45) is 4.38. The van der Waals surface area contributed by atoms with Crippen molar-refractivity contribution in [2.24, 2.45) is 5.92 Å². The standard InChI is InChI=1S/C13H21N3O2/c1-9(2)4-11(13(17)18-3)16-8-15-7-12(16)10-5-14-6-10/h7-11,14H,4-6H2,1-3H3. The number of nitrogens with zero attached hydrogens (tertiary/aromatic N) is 2. The summed E-state index contributed by atoms with van der Waals surface area (Å²) in [4.78, 5) is 16.1. The predicted molar refractivity (Wildman–Crippen MR) is 68.3 cm³/mol. The fourth-order valence-electron chi connectivity index (χ4n) is 2.30. The Balaban J connectivity index is 2.23.